The number of amides is 2. The number of nitriles is 1. The number of ether oxygens (including phenoxy) is 3. The van der Waals surface area contributed by atoms with Gasteiger partial charge in [-0.15, -0.1) is 11.3 Å². The fraction of sp³-hybridized carbons (Fsp3) is 0.568. The predicted molar refractivity (Wildman–Crippen MR) is 229 cm³/mol. The molecule has 0 bridgehead atoms. The van der Waals surface area contributed by atoms with Crippen LogP contribution in [0.2, 0.25) is 5.02 Å². The molecule has 0 saturated carbocycles. The summed E-state index contributed by atoms with van der Waals surface area (Å²) in [6.45, 7) is 16.9. The largest absolute Gasteiger partial charge is 0.461 e. The molecule has 4 aliphatic heterocycles. The molecule has 60 heavy (non-hydrogen) atoms. The Hall–Kier alpha value is -4.52. The number of carbonyl (C=O) groups is 2. The van der Waals surface area contributed by atoms with Crippen LogP contribution in [0.4, 0.5) is 29.2 Å². The van der Waals surface area contributed by atoms with Crippen molar-refractivity contribution < 1.29 is 32.6 Å². The first-order chi connectivity index (χ1) is 28.3. The van der Waals surface area contributed by atoms with Gasteiger partial charge in [-0.3, -0.25) is 10.2 Å². The Bertz CT molecular complexity index is 2430. The van der Waals surface area contributed by atoms with Gasteiger partial charge in [0.05, 0.1) is 33.6 Å². The fourth-order valence-electron chi connectivity index (χ4n) is 9.63. The molecule has 8 rings (SSSR count). The molecule has 2 aromatic heterocycles. The fourth-order valence-corrected chi connectivity index (χ4v) is 11.1. The Morgan fingerprint density at radius 1 is 1.10 bits per heavy atom. The maximum Gasteiger partial charge on any atom is 0.412 e. The highest BCUT2D eigenvalue weighted by Gasteiger charge is 2.50. The van der Waals surface area contributed by atoms with Gasteiger partial charge >= 0.3 is 18.2 Å². The van der Waals surface area contributed by atoms with E-state index < -0.39 is 40.9 Å². The SMILES string of the molecule is CC[C@@H]1CN2c3nc(OC[C@@]45CCCN4C[C@H](F)C5)nc4c(F)c(-c5cccc6sc(NC(=O)OC(C)(C)C)c(C#N)c56)c(Cl)c(c34)C[C@H](C)[C@H]2CN1C(=O)OC(C)(C)C. The summed E-state index contributed by atoms with van der Waals surface area (Å²) in [5, 5.41) is 14.6. The van der Waals surface area contributed by atoms with Crippen LogP contribution in [0.15, 0.2) is 18.2 Å². The molecule has 5 atom stereocenters. The first-order valence-corrected chi connectivity index (χ1v) is 22.0. The monoisotopic (exact) mass is 863 g/mol. The highest BCUT2D eigenvalue weighted by atomic mass is 35.5. The van der Waals surface area contributed by atoms with Crippen LogP contribution in [0.5, 0.6) is 6.01 Å². The highest BCUT2D eigenvalue weighted by molar-refractivity contribution is 7.23. The van der Waals surface area contributed by atoms with E-state index in [1.54, 1.807) is 43.9 Å². The molecule has 1 N–H and O–H groups in total. The molecule has 16 heteroatoms. The molecule has 0 spiro atoms. The van der Waals surface area contributed by atoms with Gasteiger partial charge in [0.1, 0.15) is 46.4 Å². The molecule has 320 valence electrons. The van der Waals surface area contributed by atoms with Crippen LogP contribution in [0.3, 0.4) is 0 Å². The van der Waals surface area contributed by atoms with E-state index in [1.807, 2.05) is 27.7 Å². The number of benzene rings is 2. The van der Waals surface area contributed by atoms with Crippen molar-refractivity contribution in [1.82, 2.24) is 19.8 Å². The second-order valence-electron chi connectivity index (χ2n) is 18.7. The summed E-state index contributed by atoms with van der Waals surface area (Å²) >= 11 is 8.64. The third-order valence-corrected chi connectivity index (χ3v) is 13.7. The van der Waals surface area contributed by atoms with Crippen LogP contribution in [-0.2, 0) is 15.9 Å². The second-order valence-corrected chi connectivity index (χ2v) is 20.1. The van der Waals surface area contributed by atoms with E-state index in [0.29, 0.717) is 71.3 Å². The molecule has 0 radical (unpaired) electrons. The Labute approximate surface area is 358 Å². The van der Waals surface area contributed by atoms with Crippen molar-refractivity contribution in [1.29, 1.82) is 5.26 Å². The summed E-state index contributed by atoms with van der Waals surface area (Å²) in [6, 6.07) is 6.96. The summed E-state index contributed by atoms with van der Waals surface area (Å²) in [7, 11) is 0. The molecule has 0 unspecified atom stereocenters. The van der Waals surface area contributed by atoms with Gasteiger partial charge in [-0.2, -0.15) is 15.2 Å². The number of halogens is 3. The topological polar surface area (TPSA) is 133 Å². The lowest BCUT2D eigenvalue weighted by Crippen LogP contribution is -2.62. The Morgan fingerprint density at radius 3 is 2.55 bits per heavy atom. The number of nitrogens with one attached hydrogen (secondary N) is 1. The number of piperazine rings is 1. The standard InChI is InChI=1S/C44H52ClF2N7O5S/c1-9-25-20-54-29(21-53(25)41(56)59-43(6,7)8)23(2)16-27-33-36(49-39(50-37(33)54)57-22-44-14-11-15-52(44)19-24(46)17-44)35(47)32(34(27)45)26-12-10-13-30-31(26)28(18-48)38(60-30)51-40(55)58-42(3,4)5/h10,12-13,23-25,29H,9,11,14-17,19-22H2,1-8H3,(H,51,55)/t23-,24+,25+,29+,44-/m0/s1. The van der Waals surface area contributed by atoms with Crippen molar-refractivity contribution >= 4 is 66.9 Å². The van der Waals surface area contributed by atoms with Crippen LogP contribution < -0.4 is 15.0 Å². The Kier molecular flexibility index (Phi) is 10.9. The number of thiophene rings is 1. The third-order valence-electron chi connectivity index (χ3n) is 12.2. The number of hydrogen-bond donors (Lipinski definition) is 1. The quantitative estimate of drug-likeness (QED) is 0.200. The van der Waals surface area contributed by atoms with Crippen molar-refractivity contribution in [3.05, 3.63) is 40.2 Å². The number of alkyl halides is 1. The van der Waals surface area contributed by atoms with E-state index in [9.17, 15) is 19.2 Å². The molecule has 4 aliphatic rings. The summed E-state index contributed by atoms with van der Waals surface area (Å²) in [5.41, 5.74) is -0.760. The number of anilines is 2. The zero-order chi connectivity index (χ0) is 43.1. The Balaban J connectivity index is 1.30. The van der Waals surface area contributed by atoms with Crippen molar-refractivity contribution in [2.24, 2.45) is 5.92 Å². The second kappa shape index (κ2) is 15.4. The van der Waals surface area contributed by atoms with Crippen molar-refractivity contribution in [2.75, 3.05) is 43.0 Å². The Morgan fingerprint density at radius 2 is 1.85 bits per heavy atom. The van der Waals surface area contributed by atoms with E-state index in [0.717, 1.165) is 19.4 Å². The van der Waals surface area contributed by atoms with Gasteiger partial charge in [0.2, 0.25) is 0 Å². The number of rotatable bonds is 6. The van der Waals surface area contributed by atoms with Crippen LogP contribution in [0, 0.1) is 23.1 Å². The molecular formula is C44H52ClF2N7O5S. The lowest BCUT2D eigenvalue weighted by atomic mass is 9.89. The number of aromatic nitrogens is 2. The lowest BCUT2D eigenvalue weighted by Gasteiger charge is -2.48. The van der Waals surface area contributed by atoms with Gasteiger partial charge in [-0.1, -0.05) is 37.6 Å². The maximum atomic E-state index is 17.9. The van der Waals surface area contributed by atoms with Crippen molar-refractivity contribution in [3.8, 4) is 23.2 Å². The van der Waals surface area contributed by atoms with Gasteiger partial charge in [-0.25, -0.2) is 18.4 Å². The molecule has 3 fully saturated rings. The number of fused-ring (bicyclic) bond motifs is 4. The smallest absolute Gasteiger partial charge is 0.412 e. The average molecular weight is 864 g/mol. The number of hydrogen-bond acceptors (Lipinski definition) is 11. The summed E-state index contributed by atoms with van der Waals surface area (Å²) < 4.78 is 51.1. The number of nitrogens with zero attached hydrogens (tertiary/aromatic N) is 6. The zero-order valence-corrected chi connectivity index (χ0v) is 37.0. The highest BCUT2D eigenvalue weighted by Crippen LogP contribution is 2.50. The van der Waals surface area contributed by atoms with Gasteiger partial charge in [0, 0.05) is 41.7 Å². The van der Waals surface area contributed by atoms with E-state index in [1.165, 1.54) is 11.3 Å². The van der Waals surface area contributed by atoms with E-state index in [4.69, 9.17) is 35.8 Å². The molecule has 4 aromatic rings. The zero-order valence-electron chi connectivity index (χ0n) is 35.4. The molecule has 0 aliphatic carbocycles. The lowest BCUT2D eigenvalue weighted by molar-refractivity contribution is 0.00795. The molecule has 2 amide bonds. The van der Waals surface area contributed by atoms with Crippen LogP contribution >= 0.6 is 22.9 Å². The molecule has 2 aromatic carbocycles. The minimum absolute atomic E-state index is 0.00767. The van der Waals surface area contributed by atoms with Gasteiger partial charge in [0.15, 0.2) is 5.82 Å². The molecule has 6 heterocycles. The minimum Gasteiger partial charge on any atom is -0.461 e. The van der Waals surface area contributed by atoms with E-state index in [2.05, 4.69) is 28.1 Å². The van der Waals surface area contributed by atoms with Crippen LogP contribution in [-0.4, -0.2) is 99.7 Å². The summed E-state index contributed by atoms with van der Waals surface area (Å²) in [6.07, 6.45) is 0.980. The van der Waals surface area contributed by atoms with Crippen LogP contribution in [0.25, 0.3) is 32.1 Å². The van der Waals surface area contributed by atoms with E-state index >= 15 is 4.39 Å². The molecular weight excluding hydrogens is 812 g/mol. The van der Waals surface area contributed by atoms with Gasteiger partial charge in [0.25, 0.3) is 0 Å². The van der Waals surface area contributed by atoms with Gasteiger partial charge in [-0.05, 0) is 96.9 Å². The minimum atomic E-state index is -0.965. The normalized spacial score (nSPS) is 24.2. The van der Waals surface area contributed by atoms with Crippen LogP contribution in [0.1, 0.15) is 92.2 Å². The third kappa shape index (κ3) is 7.57. The van der Waals surface area contributed by atoms with E-state index in [-0.39, 0.29) is 57.3 Å². The summed E-state index contributed by atoms with van der Waals surface area (Å²) in [4.78, 5) is 42.5. The summed E-state index contributed by atoms with van der Waals surface area (Å²) in [5.74, 6) is -0.375. The first kappa shape index (κ1) is 42.2. The first-order valence-electron chi connectivity index (χ1n) is 20.8. The van der Waals surface area contributed by atoms with Crippen molar-refractivity contribution in [3.63, 3.8) is 0 Å². The average Bonchev–Trinajstić information content (AvgIpc) is 3.79. The molecule has 12 nitrogen and oxygen atoms in total. The number of carbonyl (C=O) groups excluding carboxylic acids is 2. The van der Waals surface area contributed by atoms with Crippen molar-refractivity contribution in [2.45, 2.75) is 122 Å². The maximum absolute atomic E-state index is 17.9. The molecule has 3 saturated heterocycles. The van der Waals surface area contributed by atoms with Gasteiger partial charge < -0.3 is 24.0 Å². The predicted octanol–water partition coefficient (Wildman–Crippen LogP) is 9.87.